The van der Waals surface area contributed by atoms with Gasteiger partial charge < -0.3 is 10.7 Å². The average Bonchev–Trinajstić information content (AvgIpc) is 2.42. The summed E-state index contributed by atoms with van der Waals surface area (Å²) in [4.78, 5) is 12.1. The van der Waals surface area contributed by atoms with Crippen LogP contribution in [0.25, 0.3) is 0 Å². The highest BCUT2D eigenvalue weighted by atomic mass is 79.9. The molecule has 2 rings (SSSR count). The second kappa shape index (κ2) is 6.19. The monoisotopic (exact) mass is 355 g/mol. The zero-order valence-corrected chi connectivity index (χ0v) is 12.6. The van der Waals surface area contributed by atoms with Crippen molar-refractivity contribution < 1.29 is 13.6 Å². The Balaban J connectivity index is 2.28. The number of nitrogen functional groups attached to an aromatic ring is 1. The van der Waals surface area contributed by atoms with E-state index >= 15 is 0 Å². The van der Waals surface area contributed by atoms with Crippen molar-refractivity contribution in [2.75, 3.05) is 10.7 Å². The van der Waals surface area contributed by atoms with Crippen molar-refractivity contribution in [1.29, 1.82) is 0 Å². The van der Waals surface area contributed by atoms with Crippen LogP contribution in [0, 0.1) is 18.6 Å². The van der Waals surface area contributed by atoms with E-state index in [0.717, 1.165) is 11.6 Å². The van der Waals surface area contributed by atoms with E-state index in [9.17, 15) is 13.6 Å². The average molecular weight is 356 g/mol. The third kappa shape index (κ3) is 3.37. The van der Waals surface area contributed by atoms with Crippen molar-refractivity contribution in [3.8, 4) is 0 Å². The summed E-state index contributed by atoms with van der Waals surface area (Å²) >= 11 is 3.02. The highest BCUT2D eigenvalue weighted by molar-refractivity contribution is 9.10. The van der Waals surface area contributed by atoms with E-state index in [0.29, 0.717) is 17.3 Å². The molecule has 0 unspecified atom stereocenters. The molecule has 0 radical (unpaired) electrons. The summed E-state index contributed by atoms with van der Waals surface area (Å²) in [5.74, 6) is 3.22. The molecule has 0 saturated heterocycles. The van der Waals surface area contributed by atoms with E-state index in [4.69, 9.17) is 5.84 Å². The maximum absolute atomic E-state index is 13.7. The number of hydrogen-bond donors (Lipinski definition) is 3. The van der Waals surface area contributed by atoms with Gasteiger partial charge in [0.1, 0.15) is 5.82 Å². The number of carbonyl (C=O) groups excluding carboxylic acids is 1. The van der Waals surface area contributed by atoms with Crippen LogP contribution in [-0.4, -0.2) is 5.91 Å². The maximum Gasteiger partial charge on any atom is 0.255 e. The van der Waals surface area contributed by atoms with E-state index in [1.54, 1.807) is 25.1 Å². The van der Waals surface area contributed by atoms with Gasteiger partial charge in [-0.3, -0.25) is 10.6 Å². The van der Waals surface area contributed by atoms with Crippen LogP contribution in [0.15, 0.2) is 34.8 Å². The van der Waals surface area contributed by atoms with Gasteiger partial charge in [0.15, 0.2) is 5.82 Å². The largest absolute Gasteiger partial charge is 0.324 e. The molecule has 4 N–H and O–H groups in total. The molecule has 110 valence electrons. The first-order valence-electron chi connectivity index (χ1n) is 5.95. The number of nitrogens with one attached hydrogen (secondary N) is 2. The summed E-state index contributed by atoms with van der Waals surface area (Å²) in [6, 6.07) is 6.57. The van der Waals surface area contributed by atoms with Gasteiger partial charge in [0.05, 0.1) is 11.4 Å². The molecule has 0 fully saturated rings. The fourth-order valence-corrected chi connectivity index (χ4v) is 2.32. The minimum Gasteiger partial charge on any atom is -0.324 e. The molecule has 2 aromatic carbocycles. The van der Waals surface area contributed by atoms with Crippen LogP contribution in [0.2, 0.25) is 0 Å². The van der Waals surface area contributed by atoms with E-state index in [1.807, 2.05) is 0 Å². The Bertz CT molecular complexity index is 684. The van der Waals surface area contributed by atoms with Gasteiger partial charge in [-0.25, -0.2) is 8.78 Å². The SMILES string of the molecule is Cc1cc(C(=O)Nc2c(F)cc(F)cc2Br)ccc1NN. The van der Waals surface area contributed by atoms with Crippen molar-refractivity contribution >= 4 is 33.2 Å². The van der Waals surface area contributed by atoms with Crippen LogP contribution >= 0.6 is 15.9 Å². The fourth-order valence-electron chi connectivity index (χ4n) is 1.81. The van der Waals surface area contributed by atoms with Crippen molar-refractivity contribution in [3.63, 3.8) is 0 Å². The van der Waals surface area contributed by atoms with Gasteiger partial charge >= 0.3 is 0 Å². The number of hydrogen-bond acceptors (Lipinski definition) is 3. The van der Waals surface area contributed by atoms with Gasteiger partial charge in [-0.1, -0.05) is 0 Å². The molecule has 2 aromatic rings. The molecule has 4 nitrogen and oxygen atoms in total. The molecule has 0 saturated carbocycles. The van der Waals surface area contributed by atoms with Crippen LogP contribution in [0.3, 0.4) is 0 Å². The van der Waals surface area contributed by atoms with Crippen molar-refractivity contribution in [2.24, 2.45) is 5.84 Å². The number of nitrogens with two attached hydrogens (primary N) is 1. The Kier molecular flexibility index (Phi) is 4.54. The fraction of sp³-hybridized carbons (Fsp3) is 0.0714. The smallest absolute Gasteiger partial charge is 0.255 e. The number of hydrazine groups is 1. The molecule has 0 atom stereocenters. The Morgan fingerprint density at radius 3 is 2.52 bits per heavy atom. The third-order valence-corrected chi connectivity index (χ3v) is 3.51. The zero-order valence-electron chi connectivity index (χ0n) is 11.0. The van der Waals surface area contributed by atoms with E-state index < -0.39 is 17.5 Å². The van der Waals surface area contributed by atoms with Gasteiger partial charge in [0, 0.05) is 16.1 Å². The van der Waals surface area contributed by atoms with Crippen LogP contribution in [0.5, 0.6) is 0 Å². The molecule has 21 heavy (non-hydrogen) atoms. The molecule has 0 aliphatic carbocycles. The van der Waals surface area contributed by atoms with E-state index in [2.05, 4.69) is 26.7 Å². The second-order valence-corrected chi connectivity index (χ2v) is 5.23. The normalized spacial score (nSPS) is 10.3. The summed E-state index contributed by atoms with van der Waals surface area (Å²) in [6.45, 7) is 1.78. The lowest BCUT2D eigenvalue weighted by Crippen LogP contribution is -2.15. The quantitative estimate of drug-likeness (QED) is 0.582. The van der Waals surface area contributed by atoms with Crippen molar-refractivity contribution in [3.05, 3.63) is 57.6 Å². The van der Waals surface area contributed by atoms with Gasteiger partial charge in [-0.05, 0) is 52.7 Å². The Morgan fingerprint density at radius 1 is 1.24 bits per heavy atom. The number of benzene rings is 2. The van der Waals surface area contributed by atoms with E-state index in [-0.39, 0.29) is 10.2 Å². The molecule has 1 amide bonds. The summed E-state index contributed by atoms with van der Waals surface area (Å²) in [5.41, 5.74) is 4.17. The number of aryl methyl sites for hydroxylation is 1. The second-order valence-electron chi connectivity index (χ2n) is 4.37. The first-order chi connectivity index (χ1) is 9.92. The Morgan fingerprint density at radius 2 is 1.95 bits per heavy atom. The molecule has 0 heterocycles. The van der Waals surface area contributed by atoms with Crippen molar-refractivity contribution in [1.82, 2.24) is 0 Å². The molecule has 7 heteroatoms. The molecular weight excluding hydrogens is 344 g/mol. The number of carbonyl (C=O) groups is 1. The summed E-state index contributed by atoms with van der Waals surface area (Å²) in [7, 11) is 0. The predicted octanol–water partition coefficient (Wildman–Crippen LogP) is 3.57. The molecule has 0 bridgehead atoms. The van der Waals surface area contributed by atoms with Gasteiger partial charge in [0.25, 0.3) is 5.91 Å². The van der Waals surface area contributed by atoms with Crippen LogP contribution in [-0.2, 0) is 0 Å². The Hall–Kier alpha value is -1.99. The Labute approximate surface area is 128 Å². The molecule has 0 aromatic heterocycles. The van der Waals surface area contributed by atoms with Crippen LogP contribution < -0.4 is 16.6 Å². The number of anilines is 2. The summed E-state index contributed by atoms with van der Waals surface area (Å²) < 4.78 is 26.8. The number of amides is 1. The summed E-state index contributed by atoms with van der Waals surface area (Å²) in [5, 5.41) is 2.41. The van der Waals surface area contributed by atoms with E-state index in [1.165, 1.54) is 0 Å². The van der Waals surface area contributed by atoms with Gasteiger partial charge in [0.2, 0.25) is 0 Å². The topological polar surface area (TPSA) is 67.2 Å². The van der Waals surface area contributed by atoms with Crippen molar-refractivity contribution in [2.45, 2.75) is 6.92 Å². The highest BCUT2D eigenvalue weighted by Gasteiger charge is 2.14. The molecule has 0 aliphatic rings. The van der Waals surface area contributed by atoms with Crippen LogP contribution in [0.4, 0.5) is 20.2 Å². The molecule has 0 aliphatic heterocycles. The standard InChI is InChI=1S/C14H12BrF2N3O/c1-7-4-8(2-3-12(7)20-18)14(21)19-13-10(15)5-9(16)6-11(13)17/h2-6,20H,18H2,1H3,(H,19,21). The zero-order chi connectivity index (χ0) is 15.6. The molecular formula is C14H12BrF2N3O. The first-order valence-corrected chi connectivity index (χ1v) is 6.75. The first kappa shape index (κ1) is 15.4. The lowest BCUT2D eigenvalue weighted by molar-refractivity contribution is 0.102. The highest BCUT2D eigenvalue weighted by Crippen LogP contribution is 2.27. The minimum absolute atomic E-state index is 0.111. The third-order valence-electron chi connectivity index (χ3n) is 2.89. The van der Waals surface area contributed by atoms with Gasteiger partial charge in [-0.2, -0.15) is 0 Å². The number of halogens is 3. The minimum atomic E-state index is -0.854. The lowest BCUT2D eigenvalue weighted by Gasteiger charge is -2.11. The number of rotatable bonds is 3. The van der Waals surface area contributed by atoms with Crippen LogP contribution in [0.1, 0.15) is 15.9 Å². The summed E-state index contributed by atoms with van der Waals surface area (Å²) in [6.07, 6.45) is 0. The molecule has 0 spiro atoms. The maximum atomic E-state index is 13.7. The predicted molar refractivity (Wildman–Crippen MR) is 81.0 cm³/mol. The lowest BCUT2D eigenvalue weighted by atomic mass is 10.1. The van der Waals surface area contributed by atoms with Gasteiger partial charge in [-0.15, -0.1) is 0 Å².